The molecule has 0 radical (unpaired) electrons. The van der Waals surface area contributed by atoms with Gasteiger partial charge in [-0.15, -0.1) is 0 Å². The molecule has 0 aliphatic heterocycles. The number of carbonyl (C=O) groups is 1. The molecule has 0 amide bonds. The molecule has 0 aromatic heterocycles. The third kappa shape index (κ3) is 7.62. The minimum Gasteiger partial charge on any atom is -0.466 e. The molecule has 0 bridgehead atoms. The van der Waals surface area contributed by atoms with Gasteiger partial charge in [0.05, 0.1) is 13.4 Å². The molecule has 7 heteroatoms. The van der Waals surface area contributed by atoms with Crippen LogP contribution in [0.4, 0.5) is 0 Å². The first kappa shape index (κ1) is 19.1. The Hall–Kier alpha value is -0.920. The van der Waals surface area contributed by atoms with Gasteiger partial charge in [-0.1, -0.05) is 19.9 Å². The van der Waals surface area contributed by atoms with E-state index in [1.807, 2.05) is 13.8 Å². The zero-order valence-electron chi connectivity index (χ0n) is 12.8. The van der Waals surface area contributed by atoms with Crippen LogP contribution in [0.25, 0.3) is 0 Å². The number of carbonyl (C=O) groups excluding carboxylic acids is 1. The highest BCUT2D eigenvalue weighted by molar-refractivity contribution is 7.88. The highest BCUT2D eigenvalue weighted by Crippen LogP contribution is 2.02. The molecule has 0 aliphatic rings. The Morgan fingerprint density at radius 1 is 1.35 bits per heavy atom. The van der Waals surface area contributed by atoms with Gasteiger partial charge >= 0.3 is 5.97 Å². The standard InChI is InChI=1S/C13H26N2O4S/c1-5-12(13(16)19-3)8-10-14-9-7-11-15(6-2)20(4,17)18/h8,14H,5-7,9-11H2,1-4H3/b12-8-. The number of nitrogens with one attached hydrogen (secondary N) is 1. The molecular formula is C13H26N2O4S. The summed E-state index contributed by atoms with van der Waals surface area (Å²) >= 11 is 0. The predicted octanol–water partition coefficient (Wildman–Crippen LogP) is 0.757. The molecular weight excluding hydrogens is 280 g/mol. The van der Waals surface area contributed by atoms with Crippen molar-refractivity contribution in [2.75, 3.05) is 39.5 Å². The van der Waals surface area contributed by atoms with E-state index in [0.717, 1.165) is 6.42 Å². The molecule has 0 fully saturated rings. The van der Waals surface area contributed by atoms with Crippen molar-refractivity contribution < 1.29 is 17.9 Å². The molecule has 0 aromatic carbocycles. The molecule has 20 heavy (non-hydrogen) atoms. The van der Waals surface area contributed by atoms with E-state index in [9.17, 15) is 13.2 Å². The Morgan fingerprint density at radius 3 is 2.45 bits per heavy atom. The van der Waals surface area contributed by atoms with E-state index in [-0.39, 0.29) is 5.97 Å². The summed E-state index contributed by atoms with van der Waals surface area (Å²) in [5.74, 6) is -0.302. The van der Waals surface area contributed by atoms with Crippen molar-refractivity contribution in [2.45, 2.75) is 26.7 Å². The van der Waals surface area contributed by atoms with Crippen LogP contribution in [0.15, 0.2) is 11.6 Å². The lowest BCUT2D eigenvalue weighted by Crippen LogP contribution is -2.32. The molecule has 0 saturated heterocycles. The lowest BCUT2D eigenvalue weighted by atomic mass is 10.2. The fourth-order valence-corrected chi connectivity index (χ4v) is 2.67. The van der Waals surface area contributed by atoms with Crippen LogP contribution in [-0.4, -0.2) is 58.2 Å². The van der Waals surface area contributed by atoms with Crippen LogP contribution in [0, 0.1) is 0 Å². The number of ether oxygens (including phenoxy) is 1. The third-order valence-electron chi connectivity index (χ3n) is 2.90. The first-order valence-electron chi connectivity index (χ1n) is 6.79. The van der Waals surface area contributed by atoms with Crippen LogP contribution in [0.1, 0.15) is 26.7 Å². The molecule has 0 saturated carbocycles. The Kier molecular flexibility index (Phi) is 9.45. The van der Waals surface area contributed by atoms with E-state index >= 15 is 0 Å². The molecule has 118 valence electrons. The average molecular weight is 306 g/mol. The minimum atomic E-state index is -3.11. The zero-order valence-corrected chi connectivity index (χ0v) is 13.6. The molecule has 0 aromatic rings. The van der Waals surface area contributed by atoms with Gasteiger partial charge in [0.15, 0.2) is 0 Å². The van der Waals surface area contributed by atoms with Crippen molar-refractivity contribution in [2.24, 2.45) is 0 Å². The third-order valence-corrected chi connectivity index (χ3v) is 4.28. The van der Waals surface area contributed by atoms with Crippen LogP contribution < -0.4 is 5.32 Å². The first-order chi connectivity index (χ1) is 9.36. The summed E-state index contributed by atoms with van der Waals surface area (Å²) in [4.78, 5) is 11.3. The lowest BCUT2D eigenvalue weighted by Gasteiger charge is -2.17. The van der Waals surface area contributed by atoms with Gasteiger partial charge in [0.2, 0.25) is 10.0 Å². The van der Waals surface area contributed by atoms with E-state index in [4.69, 9.17) is 0 Å². The quantitative estimate of drug-likeness (QED) is 0.366. The van der Waals surface area contributed by atoms with Crippen molar-refractivity contribution in [1.29, 1.82) is 0 Å². The van der Waals surface area contributed by atoms with Crippen molar-refractivity contribution in [3.63, 3.8) is 0 Å². The number of hydrogen-bond acceptors (Lipinski definition) is 5. The maximum atomic E-state index is 11.4. The van der Waals surface area contributed by atoms with Crippen LogP contribution in [0.5, 0.6) is 0 Å². The summed E-state index contributed by atoms with van der Waals surface area (Å²) < 4.78 is 28.8. The molecule has 0 unspecified atom stereocenters. The van der Waals surface area contributed by atoms with E-state index in [1.54, 1.807) is 6.08 Å². The Balaban J connectivity index is 3.98. The monoisotopic (exact) mass is 306 g/mol. The van der Waals surface area contributed by atoms with Crippen molar-refractivity contribution in [1.82, 2.24) is 9.62 Å². The van der Waals surface area contributed by atoms with Crippen LogP contribution >= 0.6 is 0 Å². The van der Waals surface area contributed by atoms with Crippen molar-refractivity contribution in [3.8, 4) is 0 Å². The molecule has 0 rings (SSSR count). The fraction of sp³-hybridized carbons (Fsp3) is 0.769. The number of rotatable bonds is 10. The average Bonchev–Trinajstić information content (AvgIpc) is 2.39. The van der Waals surface area contributed by atoms with Gasteiger partial charge < -0.3 is 10.1 Å². The van der Waals surface area contributed by atoms with Crippen molar-refractivity contribution >= 4 is 16.0 Å². The van der Waals surface area contributed by atoms with E-state index in [2.05, 4.69) is 10.1 Å². The Labute approximate surface area is 122 Å². The van der Waals surface area contributed by atoms with Crippen LogP contribution in [0.3, 0.4) is 0 Å². The van der Waals surface area contributed by atoms with Crippen LogP contribution in [0.2, 0.25) is 0 Å². The number of hydrogen-bond donors (Lipinski definition) is 1. The maximum absolute atomic E-state index is 11.4. The Morgan fingerprint density at radius 2 is 2.00 bits per heavy atom. The number of methoxy groups -OCH3 is 1. The van der Waals surface area contributed by atoms with E-state index in [0.29, 0.717) is 38.2 Å². The van der Waals surface area contributed by atoms with Gasteiger partial charge in [-0.05, 0) is 19.4 Å². The van der Waals surface area contributed by atoms with Gasteiger partial charge in [-0.25, -0.2) is 17.5 Å². The molecule has 0 heterocycles. The SMILES string of the molecule is CC/C(=C/CNCCCN(CC)S(C)(=O)=O)C(=O)OC. The summed E-state index contributed by atoms with van der Waals surface area (Å²) in [5.41, 5.74) is 0.645. The van der Waals surface area contributed by atoms with E-state index in [1.165, 1.54) is 17.7 Å². The number of sulfonamides is 1. The highest BCUT2D eigenvalue weighted by atomic mass is 32.2. The summed E-state index contributed by atoms with van der Waals surface area (Å²) in [5, 5.41) is 3.15. The molecule has 1 N–H and O–H groups in total. The summed E-state index contributed by atoms with van der Waals surface area (Å²) in [6, 6.07) is 0. The smallest absolute Gasteiger partial charge is 0.333 e. The normalized spacial score (nSPS) is 12.8. The molecule has 0 aliphatic carbocycles. The zero-order chi connectivity index (χ0) is 15.6. The second kappa shape index (κ2) is 9.90. The summed E-state index contributed by atoms with van der Waals surface area (Å²) in [7, 11) is -1.74. The Bertz CT molecular complexity index is 418. The molecule has 0 atom stereocenters. The summed E-state index contributed by atoms with van der Waals surface area (Å²) in [6.07, 6.45) is 4.39. The topological polar surface area (TPSA) is 75.7 Å². The second-order valence-corrected chi connectivity index (χ2v) is 6.37. The van der Waals surface area contributed by atoms with Gasteiger partial charge in [0, 0.05) is 25.2 Å². The molecule has 6 nitrogen and oxygen atoms in total. The number of esters is 1. The highest BCUT2D eigenvalue weighted by Gasteiger charge is 2.12. The maximum Gasteiger partial charge on any atom is 0.333 e. The lowest BCUT2D eigenvalue weighted by molar-refractivity contribution is -0.136. The predicted molar refractivity (Wildman–Crippen MR) is 80.0 cm³/mol. The summed E-state index contributed by atoms with van der Waals surface area (Å²) in [6.45, 7) is 5.98. The van der Waals surface area contributed by atoms with Crippen LogP contribution in [-0.2, 0) is 19.6 Å². The number of nitrogens with zero attached hydrogens (tertiary/aromatic N) is 1. The van der Waals surface area contributed by atoms with E-state index < -0.39 is 10.0 Å². The van der Waals surface area contributed by atoms with Gasteiger partial charge in [-0.3, -0.25) is 0 Å². The fourth-order valence-electron chi connectivity index (χ4n) is 1.74. The minimum absolute atomic E-state index is 0.302. The first-order valence-corrected chi connectivity index (χ1v) is 8.64. The van der Waals surface area contributed by atoms with Crippen molar-refractivity contribution in [3.05, 3.63) is 11.6 Å². The second-order valence-electron chi connectivity index (χ2n) is 4.39. The van der Waals surface area contributed by atoms with Gasteiger partial charge in [0.1, 0.15) is 0 Å². The van der Waals surface area contributed by atoms with Gasteiger partial charge in [-0.2, -0.15) is 0 Å². The molecule has 0 spiro atoms. The van der Waals surface area contributed by atoms with Gasteiger partial charge in [0.25, 0.3) is 0 Å². The largest absolute Gasteiger partial charge is 0.466 e.